The van der Waals surface area contributed by atoms with E-state index in [0.717, 1.165) is 25.7 Å². The predicted octanol–water partition coefficient (Wildman–Crippen LogP) is 9.03. The first-order valence-electron chi connectivity index (χ1n) is 14.3. The Morgan fingerprint density at radius 1 is 0.471 bits per heavy atom. The van der Waals surface area contributed by atoms with Gasteiger partial charge in [0.1, 0.15) is 0 Å². The highest BCUT2D eigenvalue weighted by Gasteiger charge is 2.08. The molecule has 0 aliphatic heterocycles. The minimum atomic E-state index is -0.327. The van der Waals surface area contributed by atoms with E-state index < -0.39 is 0 Å². The van der Waals surface area contributed by atoms with E-state index >= 15 is 0 Å². The predicted molar refractivity (Wildman–Crippen MR) is 144 cm³/mol. The van der Waals surface area contributed by atoms with Crippen molar-refractivity contribution in [1.29, 1.82) is 0 Å². The number of hydrogen-bond acceptors (Lipinski definition) is 4. The van der Waals surface area contributed by atoms with E-state index in [4.69, 9.17) is 9.47 Å². The van der Waals surface area contributed by atoms with Crippen molar-refractivity contribution in [2.75, 3.05) is 13.2 Å². The zero-order valence-corrected chi connectivity index (χ0v) is 22.5. The van der Waals surface area contributed by atoms with Crippen LogP contribution in [0.15, 0.2) is 24.3 Å². The summed E-state index contributed by atoms with van der Waals surface area (Å²) in [4.78, 5) is 23.5. The molecule has 0 aromatic rings. The normalized spacial score (nSPS) is 11.5. The molecule has 0 N–H and O–H groups in total. The molecular weight excluding hydrogens is 424 g/mol. The van der Waals surface area contributed by atoms with Crippen molar-refractivity contribution in [2.24, 2.45) is 0 Å². The fourth-order valence-corrected chi connectivity index (χ4v) is 3.74. The minimum Gasteiger partial charge on any atom is -0.465 e. The van der Waals surface area contributed by atoms with Gasteiger partial charge in [-0.1, -0.05) is 115 Å². The van der Waals surface area contributed by atoms with Crippen LogP contribution in [0.1, 0.15) is 142 Å². The van der Waals surface area contributed by atoms with E-state index in [1.807, 2.05) is 0 Å². The van der Waals surface area contributed by atoms with E-state index in [-0.39, 0.29) is 24.8 Å². The van der Waals surface area contributed by atoms with Gasteiger partial charge >= 0.3 is 11.9 Å². The number of allylic oxidation sites excluding steroid dienone is 2. The molecule has 0 fully saturated rings. The standard InChI is InChI=1S/C30H54O4/c1-3-5-7-9-11-13-15-17-19-21-23-27-33-29(31)25-26-30(32)34-28-24-22-20-18-16-14-12-10-8-6-4-2/h19-22H,3-18,23-28H2,1-2H3/b21-19+,22-20+. The van der Waals surface area contributed by atoms with Crippen LogP contribution in [0.5, 0.6) is 0 Å². The van der Waals surface area contributed by atoms with Crippen LogP contribution < -0.4 is 0 Å². The molecular formula is C30H54O4. The summed E-state index contributed by atoms with van der Waals surface area (Å²) >= 11 is 0. The number of esters is 2. The largest absolute Gasteiger partial charge is 0.465 e. The van der Waals surface area contributed by atoms with Crippen LogP contribution in [-0.4, -0.2) is 25.2 Å². The number of ether oxygens (including phenoxy) is 2. The highest BCUT2D eigenvalue weighted by Crippen LogP contribution is 2.10. The highest BCUT2D eigenvalue weighted by molar-refractivity contribution is 5.77. The molecule has 0 aromatic heterocycles. The fourth-order valence-electron chi connectivity index (χ4n) is 3.74. The third kappa shape index (κ3) is 26.7. The molecule has 0 heterocycles. The van der Waals surface area contributed by atoms with Gasteiger partial charge < -0.3 is 9.47 Å². The molecule has 198 valence electrons. The summed E-state index contributed by atoms with van der Waals surface area (Å²) in [5, 5.41) is 0. The molecule has 0 unspecified atom stereocenters. The molecule has 0 amide bonds. The maximum absolute atomic E-state index is 11.7. The Hall–Kier alpha value is -1.58. The third-order valence-electron chi connectivity index (χ3n) is 5.91. The summed E-state index contributed by atoms with van der Waals surface area (Å²) in [5.41, 5.74) is 0. The van der Waals surface area contributed by atoms with E-state index in [1.165, 1.54) is 89.9 Å². The molecule has 0 saturated heterocycles. The lowest BCUT2D eigenvalue weighted by molar-refractivity contribution is -0.150. The fraction of sp³-hybridized carbons (Fsp3) is 0.800. The van der Waals surface area contributed by atoms with Crippen molar-refractivity contribution >= 4 is 11.9 Å². The Labute approximate surface area is 210 Å². The minimum absolute atomic E-state index is 0.0919. The van der Waals surface area contributed by atoms with Crippen LogP contribution in [0.2, 0.25) is 0 Å². The Bertz CT molecular complexity index is 464. The van der Waals surface area contributed by atoms with Crippen molar-refractivity contribution in [1.82, 2.24) is 0 Å². The average Bonchev–Trinajstić information content (AvgIpc) is 2.84. The lowest BCUT2D eigenvalue weighted by atomic mass is 10.1. The molecule has 0 rings (SSSR count). The summed E-state index contributed by atoms with van der Waals surface area (Å²) in [5.74, 6) is -0.654. The number of rotatable bonds is 25. The first kappa shape index (κ1) is 32.4. The molecule has 4 heteroatoms. The topological polar surface area (TPSA) is 52.6 Å². The van der Waals surface area contributed by atoms with E-state index in [1.54, 1.807) is 0 Å². The number of carbonyl (C=O) groups excluding carboxylic acids is 2. The summed E-state index contributed by atoms with van der Waals surface area (Å²) in [6.45, 7) is 5.25. The van der Waals surface area contributed by atoms with Gasteiger partial charge in [0.15, 0.2) is 0 Å². The molecule has 34 heavy (non-hydrogen) atoms. The van der Waals surface area contributed by atoms with Crippen LogP contribution in [-0.2, 0) is 19.1 Å². The second kappa shape index (κ2) is 27.7. The van der Waals surface area contributed by atoms with Crippen molar-refractivity contribution < 1.29 is 19.1 Å². The average molecular weight is 479 g/mol. The smallest absolute Gasteiger partial charge is 0.306 e. The van der Waals surface area contributed by atoms with Crippen LogP contribution in [0.4, 0.5) is 0 Å². The molecule has 4 nitrogen and oxygen atoms in total. The third-order valence-corrected chi connectivity index (χ3v) is 5.91. The molecule has 0 spiro atoms. The number of carbonyl (C=O) groups is 2. The molecule has 0 aliphatic rings. The van der Waals surface area contributed by atoms with Crippen molar-refractivity contribution in [3.63, 3.8) is 0 Å². The van der Waals surface area contributed by atoms with Crippen LogP contribution in [0.3, 0.4) is 0 Å². The summed E-state index contributed by atoms with van der Waals surface area (Å²) in [6, 6.07) is 0. The van der Waals surface area contributed by atoms with Crippen LogP contribution >= 0.6 is 0 Å². The maximum Gasteiger partial charge on any atom is 0.306 e. The van der Waals surface area contributed by atoms with E-state index in [9.17, 15) is 9.59 Å². The van der Waals surface area contributed by atoms with Crippen molar-refractivity contribution in [3.8, 4) is 0 Å². The Morgan fingerprint density at radius 2 is 0.794 bits per heavy atom. The zero-order chi connectivity index (χ0) is 25.0. The monoisotopic (exact) mass is 478 g/mol. The molecule has 0 bridgehead atoms. The quantitative estimate of drug-likeness (QED) is 0.0746. The van der Waals surface area contributed by atoms with Gasteiger partial charge in [-0.25, -0.2) is 0 Å². The van der Waals surface area contributed by atoms with Gasteiger partial charge in [0.2, 0.25) is 0 Å². The lowest BCUT2D eigenvalue weighted by Crippen LogP contribution is -2.11. The first-order chi connectivity index (χ1) is 16.7. The lowest BCUT2D eigenvalue weighted by Gasteiger charge is -2.04. The summed E-state index contributed by atoms with van der Waals surface area (Å²) in [7, 11) is 0. The van der Waals surface area contributed by atoms with E-state index in [0.29, 0.717) is 13.2 Å². The van der Waals surface area contributed by atoms with Gasteiger partial charge in [-0.3, -0.25) is 9.59 Å². The van der Waals surface area contributed by atoms with E-state index in [2.05, 4.69) is 38.2 Å². The highest BCUT2D eigenvalue weighted by atomic mass is 16.5. The number of hydrogen-bond donors (Lipinski definition) is 0. The summed E-state index contributed by atoms with van der Waals surface area (Å²) < 4.78 is 10.4. The zero-order valence-electron chi connectivity index (χ0n) is 22.5. The Balaban J connectivity index is 3.43. The Kier molecular flexibility index (Phi) is 26.4. The maximum atomic E-state index is 11.7. The molecule has 0 saturated carbocycles. The molecule has 0 atom stereocenters. The van der Waals surface area contributed by atoms with Gasteiger partial charge in [-0.2, -0.15) is 0 Å². The van der Waals surface area contributed by atoms with Crippen LogP contribution in [0.25, 0.3) is 0 Å². The molecule has 0 aliphatic carbocycles. The van der Waals surface area contributed by atoms with Crippen molar-refractivity contribution in [2.45, 2.75) is 142 Å². The second-order valence-electron chi connectivity index (χ2n) is 9.28. The molecule has 0 aromatic carbocycles. The molecule has 0 radical (unpaired) electrons. The van der Waals surface area contributed by atoms with Gasteiger partial charge in [-0.15, -0.1) is 0 Å². The Morgan fingerprint density at radius 3 is 1.18 bits per heavy atom. The van der Waals surface area contributed by atoms with Crippen LogP contribution in [0, 0.1) is 0 Å². The summed E-state index contributed by atoms with van der Waals surface area (Å²) in [6.07, 6.45) is 30.9. The van der Waals surface area contributed by atoms with Gasteiger partial charge in [-0.05, 0) is 38.5 Å². The second-order valence-corrected chi connectivity index (χ2v) is 9.28. The SMILES string of the molecule is CCCCCCCCC/C=C/CCOC(=O)CCC(=O)OCC/C=C/CCCCCCCCC. The van der Waals surface area contributed by atoms with Gasteiger partial charge in [0, 0.05) is 0 Å². The van der Waals surface area contributed by atoms with Crippen molar-refractivity contribution in [3.05, 3.63) is 24.3 Å². The number of unbranched alkanes of at least 4 members (excludes halogenated alkanes) is 14. The van der Waals surface area contributed by atoms with Gasteiger partial charge in [0.05, 0.1) is 26.1 Å². The van der Waals surface area contributed by atoms with Gasteiger partial charge in [0.25, 0.3) is 0 Å². The first-order valence-corrected chi connectivity index (χ1v) is 14.3.